The van der Waals surface area contributed by atoms with E-state index in [2.05, 4.69) is 0 Å². The smallest absolute Gasteiger partial charge is 0.207 e. The van der Waals surface area contributed by atoms with Crippen molar-refractivity contribution in [2.45, 2.75) is 43.5 Å². The Morgan fingerprint density at radius 2 is 1.89 bits per heavy atom. The number of sulfonamides is 1. The summed E-state index contributed by atoms with van der Waals surface area (Å²) >= 11 is 0. The average Bonchev–Trinajstić information content (AvgIpc) is 2.27. The lowest BCUT2D eigenvalue weighted by Crippen LogP contribution is -2.50. The van der Waals surface area contributed by atoms with Crippen molar-refractivity contribution in [1.29, 1.82) is 0 Å². The molecule has 1 aromatic carbocycles. The van der Waals surface area contributed by atoms with Crippen molar-refractivity contribution in [3.8, 4) is 0 Å². The second kappa shape index (κ2) is 4.83. The molecule has 1 aliphatic heterocycles. The predicted molar refractivity (Wildman–Crippen MR) is 68.2 cm³/mol. The van der Waals surface area contributed by atoms with Gasteiger partial charge in [0, 0.05) is 18.2 Å². The standard InChI is InChI=1S/C13H17F2NO2S/c1-13(2)7-3-4-8-16(13)19(17,18)12-6-5-10(14)9-11(12)15/h5-6,9H,3-4,7-8H2,1-2H3. The summed E-state index contributed by atoms with van der Waals surface area (Å²) in [5.41, 5.74) is -0.544. The zero-order valence-electron chi connectivity index (χ0n) is 11.0. The average molecular weight is 289 g/mol. The van der Waals surface area contributed by atoms with E-state index >= 15 is 0 Å². The molecule has 0 aromatic heterocycles. The zero-order valence-corrected chi connectivity index (χ0v) is 11.8. The summed E-state index contributed by atoms with van der Waals surface area (Å²) in [7, 11) is -3.93. The maximum atomic E-state index is 13.7. The molecule has 19 heavy (non-hydrogen) atoms. The van der Waals surface area contributed by atoms with Gasteiger partial charge in [0.15, 0.2) is 0 Å². The Bertz CT molecular complexity index is 584. The van der Waals surface area contributed by atoms with E-state index in [1.807, 2.05) is 13.8 Å². The quantitative estimate of drug-likeness (QED) is 0.839. The summed E-state index contributed by atoms with van der Waals surface area (Å²) in [6.45, 7) is 4.02. The minimum absolute atomic E-state index is 0.367. The van der Waals surface area contributed by atoms with Gasteiger partial charge < -0.3 is 0 Å². The van der Waals surface area contributed by atoms with Gasteiger partial charge in [-0.1, -0.05) is 6.42 Å². The molecule has 1 heterocycles. The molecule has 6 heteroatoms. The Labute approximate surface area is 112 Å². The van der Waals surface area contributed by atoms with Gasteiger partial charge in [0.25, 0.3) is 0 Å². The first kappa shape index (κ1) is 14.4. The predicted octanol–water partition coefficient (Wildman–Crippen LogP) is 2.92. The molecule has 0 radical (unpaired) electrons. The van der Waals surface area contributed by atoms with E-state index in [4.69, 9.17) is 0 Å². The van der Waals surface area contributed by atoms with Crippen molar-refractivity contribution in [1.82, 2.24) is 4.31 Å². The molecule has 0 N–H and O–H groups in total. The van der Waals surface area contributed by atoms with Gasteiger partial charge in [0.05, 0.1) is 0 Å². The van der Waals surface area contributed by atoms with Gasteiger partial charge in [-0.25, -0.2) is 17.2 Å². The Hall–Kier alpha value is -1.01. The van der Waals surface area contributed by atoms with Crippen molar-refractivity contribution >= 4 is 10.0 Å². The highest BCUT2D eigenvalue weighted by Crippen LogP contribution is 2.33. The van der Waals surface area contributed by atoms with Crippen LogP contribution in [0.25, 0.3) is 0 Å². The summed E-state index contributed by atoms with van der Waals surface area (Å²) < 4.78 is 52.9. The normalized spacial score (nSPS) is 20.4. The van der Waals surface area contributed by atoms with E-state index in [9.17, 15) is 17.2 Å². The van der Waals surface area contributed by atoms with Gasteiger partial charge in [0.1, 0.15) is 16.5 Å². The van der Waals surface area contributed by atoms with Crippen LogP contribution < -0.4 is 0 Å². The molecule has 0 amide bonds. The van der Waals surface area contributed by atoms with E-state index in [-0.39, 0.29) is 0 Å². The molecule has 1 saturated heterocycles. The van der Waals surface area contributed by atoms with Crippen LogP contribution in [0, 0.1) is 11.6 Å². The van der Waals surface area contributed by atoms with Crippen molar-refractivity contribution in [3.63, 3.8) is 0 Å². The second-order valence-corrected chi connectivity index (χ2v) is 7.25. The Kier molecular flexibility index (Phi) is 3.66. The lowest BCUT2D eigenvalue weighted by Gasteiger charge is -2.41. The van der Waals surface area contributed by atoms with E-state index in [0.29, 0.717) is 12.6 Å². The van der Waals surface area contributed by atoms with Gasteiger partial charge in [-0.3, -0.25) is 0 Å². The van der Waals surface area contributed by atoms with Crippen LogP contribution in [0.1, 0.15) is 33.1 Å². The molecule has 1 aromatic rings. The van der Waals surface area contributed by atoms with Crippen LogP contribution >= 0.6 is 0 Å². The maximum Gasteiger partial charge on any atom is 0.246 e. The third kappa shape index (κ3) is 2.65. The fourth-order valence-electron chi connectivity index (χ4n) is 2.49. The topological polar surface area (TPSA) is 37.4 Å². The van der Waals surface area contributed by atoms with Crippen LogP contribution in [-0.2, 0) is 10.0 Å². The van der Waals surface area contributed by atoms with E-state index in [1.165, 1.54) is 4.31 Å². The lowest BCUT2D eigenvalue weighted by molar-refractivity contribution is 0.169. The van der Waals surface area contributed by atoms with Crippen LogP contribution in [0.2, 0.25) is 0 Å². The summed E-state index contributed by atoms with van der Waals surface area (Å²) in [4.78, 5) is -0.455. The molecule has 0 aliphatic carbocycles. The third-order valence-electron chi connectivity index (χ3n) is 3.54. The van der Waals surface area contributed by atoms with Gasteiger partial charge in [-0.2, -0.15) is 4.31 Å². The van der Waals surface area contributed by atoms with Gasteiger partial charge in [0.2, 0.25) is 10.0 Å². The minimum atomic E-state index is -3.93. The minimum Gasteiger partial charge on any atom is -0.207 e. The molecule has 0 bridgehead atoms. The first-order chi connectivity index (χ1) is 8.75. The summed E-state index contributed by atoms with van der Waals surface area (Å²) in [6.07, 6.45) is 2.44. The van der Waals surface area contributed by atoms with Crippen LogP contribution in [0.4, 0.5) is 8.78 Å². The van der Waals surface area contributed by atoms with Crippen molar-refractivity contribution in [2.24, 2.45) is 0 Å². The molecule has 1 aliphatic rings. The number of nitrogens with zero attached hydrogens (tertiary/aromatic N) is 1. The maximum absolute atomic E-state index is 13.7. The van der Waals surface area contributed by atoms with Gasteiger partial charge in [-0.05, 0) is 38.8 Å². The third-order valence-corrected chi connectivity index (χ3v) is 5.68. The number of benzene rings is 1. The zero-order chi connectivity index (χ0) is 14.3. The molecular weight excluding hydrogens is 272 g/mol. The summed E-state index contributed by atoms with van der Waals surface area (Å²) in [5, 5.41) is 0. The van der Waals surface area contributed by atoms with E-state index in [0.717, 1.165) is 31.4 Å². The molecule has 0 unspecified atom stereocenters. The highest BCUT2D eigenvalue weighted by Gasteiger charge is 2.39. The molecule has 0 spiro atoms. The number of hydrogen-bond acceptors (Lipinski definition) is 2. The summed E-state index contributed by atoms with van der Waals surface area (Å²) in [5.74, 6) is -1.82. The molecule has 106 valence electrons. The van der Waals surface area contributed by atoms with Gasteiger partial charge in [-0.15, -0.1) is 0 Å². The SMILES string of the molecule is CC1(C)CCCCN1S(=O)(=O)c1ccc(F)cc1F. The summed E-state index contributed by atoms with van der Waals surface area (Å²) in [6, 6.07) is 2.56. The number of piperidine rings is 1. The van der Waals surface area contributed by atoms with Crippen molar-refractivity contribution in [3.05, 3.63) is 29.8 Å². The Balaban J connectivity index is 2.47. The number of rotatable bonds is 2. The first-order valence-corrected chi connectivity index (χ1v) is 7.67. The molecule has 0 atom stereocenters. The largest absolute Gasteiger partial charge is 0.246 e. The molecule has 0 saturated carbocycles. The highest BCUT2D eigenvalue weighted by molar-refractivity contribution is 7.89. The fourth-order valence-corrected chi connectivity index (χ4v) is 4.38. The first-order valence-electron chi connectivity index (χ1n) is 6.23. The van der Waals surface area contributed by atoms with Gasteiger partial charge >= 0.3 is 0 Å². The number of halogens is 2. The van der Waals surface area contributed by atoms with Crippen molar-refractivity contribution in [2.75, 3.05) is 6.54 Å². The van der Waals surface area contributed by atoms with Crippen molar-refractivity contribution < 1.29 is 17.2 Å². The Morgan fingerprint density at radius 3 is 2.47 bits per heavy atom. The second-order valence-electron chi connectivity index (χ2n) is 5.42. The van der Waals surface area contributed by atoms with E-state index in [1.54, 1.807) is 0 Å². The number of hydrogen-bond donors (Lipinski definition) is 0. The molecule has 3 nitrogen and oxygen atoms in total. The fraction of sp³-hybridized carbons (Fsp3) is 0.538. The van der Waals surface area contributed by atoms with Crippen LogP contribution in [0.15, 0.2) is 23.1 Å². The Morgan fingerprint density at radius 1 is 1.21 bits per heavy atom. The molecular formula is C13H17F2NO2S. The van der Waals surface area contributed by atoms with Crippen LogP contribution in [0.3, 0.4) is 0 Å². The lowest BCUT2D eigenvalue weighted by atomic mass is 9.93. The molecule has 1 fully saturated rings. The molecule has 2 rings (SSSR count). The monoisotopic (exact) mass is 289 g/mol. The van der Waals surface area contributed by atoms with Crippen LogP contribution in [0.5, 0.6) is 0 Å². The van der Waals surface area contributed by atoms with Crippen LogP contribution in [-0.4, -0.2) is 24.8 Å². The highest BCUT2D eigenvalue weighted by atomic mass is 32.2. The van der Waals surface area contributed by atoms with E-state index < -0.39 is 32.1 Å².